The molecule has 0 spiro atoms. The molecule has 3 aromatic rings. The van der Waals surface area contributed by atoms with Gasteiger partial charge in [0.1, 0.15) is 23.2 Å². The second-order valence-corrected chi connectivity index (χ2v) is 8.91. The molecule has 1 aliphatic heterocycles. The number of benzene rings is 1. The van der Waals surface area contributed by atoms with E-state index in [0.717, 1.165) is 41.3 Å². The number of aromatic nitrogens is 2. The monoisotopic (exact) mass is 448 g/mol. The number of nitrogens with zero attached hydrogens (tertiary/aromatic N) is 3. The second-order valence-electron chi connectivity index (χ2n) is 8.53. The van der Waals surface area contributed by atoms with Gasteiger partial charge in [-0.15, -0.1) is 0 Å². The number of pyridine rings is 2. The van der Waals surface area contributed by atoms with Crippen LogP contribution in [0.5, 0.6) is 5.75 Å². The molecule has 2 aromatic heterocycles. The van der Waals surface area contributed by atoms with Crippen LogP contribution >= 0.6 is 11.6 Å². The minimum Gasteiger partial charge on any atom is -0.485 e. The molecular weight excluding hydrogens is 422 g/mol. The first-order valence-corrected chi connectivity index (χ1v) is 11.2. The molecule has 3 heterocycles. The average Bonchev–Trinajstić information content (AvgIpc) is 2.77. The van der Waals surface area contributed by atoms with E-state index in [0.29, 0.717) is 36.2 Å². The van der Waals surface area contributed by atoms with Gasteiger partial charge in [-0.3, -0.25) is 9.78 Å². The molecule has 0 saturated heterocycles. The van der Waals surface area contributed by atoms with Crippen LogP contribution in [0.1, 0.15) is 42.7 Å². The Hall–Kier alpha value is -2.92. The molecule has 0 bridgehead atoms. The molecule has 0 N–H and O–H groups in total. The van der Waals surface area contributed by atoms with Gasteiger partial charge in [-0.25, -0.2) is 4.98 Å². The number of carbonyl (C=O) groups is 1. The highest BCUT2D eigenvalue weighted by molar-refractivity contribution is 6.29. The third-order valence-corrected chi connectivity index (χ3v) is 5.73. The third kappa shape index (κ3) is 5.28. The average molecular weight is 449 g/mol. The Morgan fingerprint density at radius 2 is 1.97 bits per heavy atom. The summed E-state index contributed by atoms with van der Waals surface area (Å²) in [6, 6.07) is 13.8. The largest absolute Gasteiger partial charge is 0.485 e. The van der Waals surface area contributed by atoms with E-state index in [1.165, 1.54) is 5.56 Å². The number of amides is 1. The van der Waals surface area contributed by atoms with Crippen LogP contribution in [0.15, 0.2) is 48.7 Å². The van der Waals surface area contributed by atoms with E-state index < -0.39 is 0 Å². The molecule has 165 valence electrons. The normalized spacial score (nSPS) is 13.2. The minimum atomic E-state index is 0.177. The van der Waals surface area contributed by atoms with Crippen molar-refractivity contribution in [2.75, 3.05) is 6.54 Å². The molecule has 0 atom stereocenters. The van der Waals surface area contributed by atoms with Gasteiger partial charge in [0, 0.05) is 31.3 Å². The first kappa shape index (κ1) is 22.3. The lowest BCUT2D eigenvalue weighted by molar-refractivity contribution is -0.131. The number of aryl methyl sites for hydroxylation is 1. The number of fused-ring (bicyclic) bond motifs is 1. The summed E-state index contributed by atoms with van der Waals surface area (Å²) in [5.41, 5.74) is 6.01. The van der Waals surface area contributed by atoms with Crippen molar-refractivity contribution in [3.63, 3.8) is 0 Å². The first-order valence-electron chi connectivity index (χ1n) is 10.8. The summed E-state index contributed by atoms with van der Waals surface area (Å²) < 4.78 is 6.08. The van der Waals surface area contributed by atoms with E-state index >= 15 is 0 Å². The zero-order valence-corrected chi connectivity index (χ0v) is 19.4. The predicted octanol–water partition coefficient (Wildman–Crippen LogP) is 5.57. The van der Waals surface area contributed by atoms with Gasteiger partial charge < -0.3 is 9.64 Å². The predicted molar refractivity (Wildman–Crippen MR) is 126 cm³/mol. The number of carbonyl (C=O) groups excluding carboxylic acids is 1. The Morgan fingerprint density at radius 1 is 1.12 bits per heavy atom. The Balaban J connectivity index is 1.59. The van der Waals surface area contributed by atoms with Crippen LogP contribution in [0.4, 0.5) is 0 Å². The van der Waals surface area contributed by atoms with Crippen molar-refractivity contribution < 1.29 is 9.53 Å². The molecule has 32 heavy (non-hydrogen) atoms. The third-order valence-electron chi connectivity index (χ3n) is 5.52. The summed E-state index contributed by atoms with van der Waals surface area (Å²) in [5, 5.41) is 0.407. The van der Waals surface area contributed by atoms with Crippen molar-refractivity contribution in [3.05, 3.63) is 82.1 Å². The molecule has 1 aromatic carbocycles. The summed E-state index contributed by atoms with van der Waals surface area (Å²) >= 11 is 6.23. The van der Waals surface area contributed by atoms with Crippen LogP contribution in [-0.4, -0.2) is 27.3 Å². The van der Waals surface area contributed by atoms with Crippen molar-refractivity contribution in [1.29, 1.82) is 0 Å². The Morgan fingerprint density at radius 3 is 2.75 bits per heavy atom. The van der Waals surface area contributed by atoms with Gasteiger partial charge in [-0.2, -0.15) is 0 Å². The fraction of sp³-hybridized carbons (Fsp3) is 0.308. The molecule has 0 unspecified atom stereocenters. The molecule has 0 saturated carbocycles. The van der Waals surface area contributed by atoms with Crippen LogP contribution in [0, 0.1) is 12.8 Å². The minimum absolute atomic E-state index is 0.177. The van der Waals surface area contributed by atoms with Crippen molar-refractivity contribution in [3.8, 4) is 17.0 Å². The summed E-state index contributed by atoms with van der Waals surface area (Å²) in [7, 11) is 0. The van der Waals surface area contributed by atoms with Crippen LogP contribution < -0.4 is 4.74 Å². The fourth-order valence-corrected chi connectivity index (χ4v) is 4.05. The summed E-state index contributed by atoms with van der Waals surface area (Å²) in [6.45, 7) is 7.73. The van der Waals surface area contributed by atoms with Crippen LogP contribution in [0.2, 0.25) is 5.15 Å². The fourth-order valence-electron chi connectivity index (χ4n) is 3.91. The maximum absolute atomic E-state index is 12.6. The summed E-state index contributed by atoms with van der Waals surface area (Å²) in [6.07, 6.45) is 3.13. The van der Waals surface area contributed by atoms with Crippen molar-refractivity contribution in [2.24, 2.45) is 0 Å². The molecule has 4 rings (SSSR count). The number of hydrogen-bond acceptors (Lipinski definition) is 4. The zero-order chi connectivity index (χ0) is 22.7. The number of rotatable bonds is 6. The molecule has 0 aliphatic carbocycles. The Kier molecular flexibility index (Phi) is 6.75. The van der Waals surface area contributed by atoms with Gasteiger partial charge in [0.2, 0.25) is 5.91 Å². The highest BCUT2D eigenvalue weighted by Gasteiger charge is 2.22. The lowest BCUT2D eigenvalue weighted by Crippen LogP contribution is -2.36. The van der Waals surface area contributed by atoms with E-state index in [2.05, 4.69) is 28.2 Å². The van der Waals surface area contributed by atoms with Gasteiger partial charge in [-0.05, 0) is 66.3 Å². The topological polar surface area (TPSA) is 55.3 Å². The molecule has 0 fully saturated rings. The van der Waals surface area contributed by atoms with E-state index in [1.54, 1.807) is 12.3 Å². The molecule has 1 radical (unpaired) electrons. The molecule has 6 heteroatoms. The van der Waals surface area contributed by atoms with Crippen molar-refractivity contribution in [2.45, 2.75) is 46.8 Å². The van der Waals surface area contributed by atoms with E-state index in [4.69, 9.17) is 16.3 Å². The number of ether oxygens (including phenoxy) is 1. The van der Waals surface area contributed by atoms with Gasteiger partial charge in [0.05, 0.1) is 5.69 Å². The van der Waals surface area contributed by atoms with Crippen LogP contribution in [0.25, 0.3) is 11.3 Å². The highest BCUT2D eigenvalue weighted by atomic mass is 35.5. The van der Waals surface area contributed by atoms with Crippen LogP contribution in [-0.2, 0) is 24.4 Å². The lowest BCUT2D eigenvalue weighted by Gasteiger charge is -2.30. The summed E-state index contributed by atoms with van der Waals surface area (Å²) in [4.78, 5) is 23.4. The maximum atomic E-state index is 12.6. The first-order chi connectivity index (χ1) is 15.4. The van der Waals surface area contributed by atoms with Crippen molar-refractivity contribution in [1.82, 2.24) is 14.9 Å². The Labute approximate surface area is 194 Å². The van der Waals surface area contributed by atoms with E-state index in [1.807, 2.05) is 43.9 Å². The van der Waals surface area contributed by atoms with Gasteiger partial charge >= 0.3 is 0 Å². The highest BCUT2D eigenvalue weighted by Crippen LogP contribution is 2.33. The Bertz CT molecular complexity index is 1130. The van der Waals surface area contributed by atoms with E-state index in [-0.39, 0.29) is 5.91 Å². The van der Waals surface area contributed by atoms with Crippen molar-refractivity contribution >= 4 is 17.5 Å². The lowest BCUT2D eigenvalue weighted by atomic mass is 9.95. The van der Waals surface area contributed by atoms with Gasteiger partial charge in [-0.1, -0.05) is 37.6 Å². The zero-order valence-electron chi connectivity index (χ0n) is 18.7. The maximum Gasteiger partial charge on any atom is 0.223 e. The second kappa shape index (κ2) is 9.70. The standard InChI is InChI=1S/C26H27ClN3O2/c1-17(2)12-25(31)30-11-9-19-4-5-20(14-21(19)15-30)26-23(6-7-24(27)29-26)32-16-22-13-18(3)8-10-28-22/h4-8,10,13-14H,9,11-12,15-16H2,1-3H3. The van der Waals surface area contributed by atoms with Gasteiger partial charge in [0.15, 0.2) is 0 Å². The summed E-state index contributed by atoms with van der Waals surface area (Å²) in [5.74, 6) is 1.96. The van der Waals surface area contributed by atoms with Gasteiger partial charge in [0.25, 0.3) is 0 Å². The van der Waals surface area contributed by atoms with Crippen LogP contribution in [0.3, 0.4) is 0 Å². The molecule has 1 aliphatic rings. The molecular formula is C26H27ClN3O2. The number of hydrogen-bond donors (Lipinski definition) is 0. The SMILES string of the molecule is C[C](C)CC(=O)N1CCc2ccc(-c3nc(Cl)ccc3OCc3cc(C)ccn3)cc2C1. The molecule has 5 nitrogen and oxygen atoms in total. The molecule has 1 amide bonds. The smallest absolute Gasteiger partial charge is 0.223 e. The number of halogens is 1. The van der Waals surface area contributed by atoms with E-state index in [9.17, 15) is 4.79 Å². The quantitative estimate of drug-likeness (QED) is 0.462.